The molecule has 0 spiro atoms. The highest BCUT2D eigenvalue weighted by atomic mass is 16.3. The van der Waals surface area contributed by atoms with Crippen LogP contribution in [0.2, 0.25) is 0 Å². The number of nitrogens with zero attached hydrogens (tertiary/aromatic N) is 2. The van der Waals surface area contributed by atoms with Crippen LogP contribution in [-0.2, 0) is 18.5 Å². The second-order valence-corrected chi connectivity index (χ2v) is 7.61. The Hall–Kier alpha value is -2.81. The molecule has 0 saturated heterocycles. The second kappa shape index (κ2) is 7.61. The third-order valence-electron chi connectivity index (χ3n) is 4.49. The molecule has 3 rings (SSSR count). The van der Waals surface area contributed by atoms with E-state index < -0.39 is 0 Å². The van der Waals surface area contributed by atoms with Crippen molar-refractivity contribution >= 4 is 5.69 Å². The van der Waals surface area contributed by atoms with Crippen LogP contribution in [0.15, 0.2) is 72.9 Å². The van der Waals surface area contributed by atoms with Crippen LogP contribution < -0.4 is 4.90 Å². The summed E-state index contributed by atoms with van der Waals surface area (Å²) in [5, 5.41) is 10.3. The first-order valence-electron chi connectivity index (χ1n) is 8.96. The third kappa shape index (κ3) is 4.42. The van der Waals surface area contributed by atoms with Gasteiger partial charge < -0.3 is 10.0 Å². The van der Waals surface area contributed by atoms with E-state index in [1.165, 1.54) is 11.1 Å². The standard InChI is InChI=1S/C23H26N2O/c1-23(2,3)19-13-11-18(12-14-19)16-25(17-20-8-6-7-15-24-20)21-9-4-5-10-22(21)26/h4-15,26H,16-17H2,1-3H3. The Balaban J connectivity index is 1.87. The molecule has 0 saturated carbocycles. The number of hydrogen-bond acceptors (Lipinski definition) is 3. The Labute approximate surface area is 156 Å². The molecule has 0 unspecified atom stereocenters. The Kier molecular flexibility index (Phi) is 5.27. The summed E-state index contributed by atoms with van der Waals surface area (Å²) in [7, 11) is 0. The van der Waals surface area contributed by atoms with Crippen LogP contribution in [0.3, 0.4) is 0 Å². The van der Waals surface area contributed by atoms with Crippen LogP contribution in [0.5, 0.6) is 5.75 Å². The number of benzene rings is 2. The Morgan fingerprint density at radius 2 is 1.54 bits per heavy atom. The predicted octanol–water partition coefficient (Wildman–Crippen LogP) is 5.29. The van der Waals surface area contributed by atoms with Crippen molar-refractivity contribution in [3.05, 3.63) is 89.7 Å². The van der Waals surface area contributed by atoms with Gasteiger partial charge in [-0.1, -0.05) is 63.2 Å². The highest BCUT2D eigenvalue weighted by molar-refractivity contribution is 5.58. The Bertz CT molecular complexity index is 836. The SMILES string of the molecule is CC(C)(C)c1ccc(CN(Cc2ccccn2)c2ccccc2O)cc1. The summed E-state index contributed by atoms with van der Waals surface area (Å²) in [5.74, 6) is 0.287. The first kappa shape index (κ1) is 18.0. The lowest BCUT2D eigenvalue weighted by Gasteiger charge is -2.26. The zero-order valence-corrected chi connectivity index (χ0v) is 15.7. The van der Waals surface area contributed by atoms with Crippen LogP contribution in [0.4, 0.5) is 5.69 Å². The maximum atomic E-state index is 10.3. The van der Waals surface area contributed by atoms with Gasteiger partial charge in [0.05, 0.1) is 17.9 Å². The minimum Gasteiger partial charge on any atom is -0.506 e. The molecule has 1 N–H and O–H groups in total. The summed E-state index contributed by atoms with van der Waals surface area (Å²) in [4.78, 5) is 6.59. The molecule has 0 amide bonds. The number of anilines is 1. The van der Waals surface area contributed by atoms with Gasteiger partial charge in [0.2, 0.25) is 0 Å². The van der Waals surface area contributed by atoms with Gasteiger partial charge in [-0.05, 0) is 40.8 Å². The monoisotopic (exact) mass is 346 g/mol. The maximum Gasteiger partial charge on any atom is 0.138 e. The van der Waals surface area contributed by atoms with Crippen molar-refractivity contribution in [2.75, 3.05) is 4.90 Å². The minimum atomic E-state index is 0.143. The highest BCUT2D eigenvalue weighted by Crippen LogP contribution is 2.29. The number of hydrogen-bond donors (Lipinski definition) is 1. The molecule has 0 atom stereocenters. The fourth-order valence-corrected chi connectivity index (χ4v) is 2.98. The average Bonchev–Trinajstić information content (AvgIpc) is 2.62. The lowest BCUT2D eigenvalue weighted by molar-refractivity contribution is 0.473. The summed E-state index contributed by atoms with van der Waals surface area (Å²) in [6.07, 6.45) is 1.80. The molecule has 0 aliphatic heterocycles. The van der Waals surface area contributed by atoms with Crippen molar-refractivity contribution in [1.29, 1.82) is 0 Å². The molecule has 0 fully saturated rings. The van der Waals surface area contributed by atoms with E-state index in [4.69, 9.17) is 0 Å². The topological polar surface area (TPSA) is 36.4 Å². The quantitative estimate of drug-likeness (QED) is 0.682. The lowest BCUT2D eigenvalue weighted by Crippen LogP contribution is -2.23. The van der Waals surface area contributed by atoms with E-state index in [1.54, 1.807) is 12.3 Å². The summed E-state index contributed by atoms with van der Waals surface area (Å²) in [6, 6.07) is 22.1. The number of pyridine rings is 1. The van der Waals surface area contributed by atoms with E-state index in [1.807, 2.05) is 36.4 Å². The number of rotatable bonds is 5. The fraction of sp³-hybridized carbons (Fsp3) is 0.261. The second-order valence-electron chi connectivity index (χ2n) is 7.61. The lowest BCUT2D eigenvalue weighted by atomic mass is 9.87. The van der Waals surface area contributed by atoms with E-state index in [2.05, 4.69) is 54.9 Å². The van der Waals surface area contributed by atoms with Crippen molar-refractivity contribution in [1.82, 2.24) is 4.98 Å². The van der Waals surface area contributed by atoms with Crippen LogP contribution in [0, 0.1) is 0 Å². The fourth-order valence-electron chi connectivity index (χ4n) is 2.98. The van der Waals surface area contributed by atoms with E-state index in [-0.39, 0.29) is 11.2 Å². The van der Waals surface area contributed by atoms with Gasteiger partial charge in [0.25, 0.3) is 0 Å². The van der Waals surface area contributed by atoms with Gasteiger partial charge in [0.1, 0.15) is 5.75 Å². The van der Waals surface area contributed by atoms with Gasteiger partial charge in [-0.2, -0.15) is 0 Å². The smallest absolute Gasteiger partial charge is 0.138 e. The molecule has 3 aromatic rings. The first-order chi connectivity index (χ1) is 12.4. The van der Waals surface area contributed by atoms with Gasteiger partial charge in [0, 0.05) is 12.7 Å². The first-order valence-corrected chi connectivity index (χ1v) is 8.96. The Morgan fingerprint density at radius 1 is 0.846 bits per heavy atom. The normalized spacial score (nSPS) is 11.3. The predicted molar refractivity (Wildman–Crippen MR) is 107 cm³/mol. The summed E-state index contributed by atoms with van der Waals surface area (Å²) in [6.45, 7) is 8.00. The Morgan fingerprint density at radius 3 is 2.15 bits per heavy atom. The molecule has 0 aliphatic carbocycles. The van der Waals surface area contributed by atoms with E-state index in [0.717, 1.165) is 11.4 Å². The molecule has 3 heteroatoms. The number of phenolic OH excluding ortho intramolecular Hbond substituents is 1. The number of phenols is 1. The van der Waals surface area contributed by atoms with Crippen LogP contribution >= 0.6 is 0 Å². The van der Waals surface area contributed by atoms with E-state index in [0.29, 0.717) is 13.1 Å². The zero-order valence-electron chi connectivity index (χ0n) is 15.7. The molecule has 26 heavy (non-hydrogen) atoms. The molecule has 0 bridgehead atoms. The van der Waals surface area contributed by atoms with Crippen LogP contribution in [0.25, 0.3) is 0 Å². The zero-order chi connectivity index (χ0) is 18.6. The maximum absolute atomic E-state index is 10.3. The molecule has 1 heterocycles. The largest absolute Gasteiger partial charge is 0.506 e. The summed E-state index contributed by atoms with van der Waals surface area (Å²) < 4.78 is 0. The number of para-hydroxylation sites is 2. The minimum absolute atomic E-state index is 0.143. The third-order valence-corrected chi connectivity index (χ3v) is 4.49. The van der Waals surface area contributed by atoms with Crippen molar-refractivity contribution < 1.29 is 5.11 Å². The van der Waals surface area contributed by atoms with Gasteiger partial charge in [-0.3, -0.25) is 4.98 Å². The molecule has 0 radical (unpaired) electrons. The van der Waals surface area contributed by atoms with Crippen LogP contribution in [-0.4, -0.2) is 10.1 Å². The molecular weight excluding hydrogens is 320 g/mol. The van der Waals surface area contributed by atoms with Crippen LogP contribution in [0.1, 0.15) is 37.6 Å². The van der Waals surface area contributed by atoms with Gasteiger partial charge in [-0.25, -0.2) is 0 Å². The summed E-state index contributed by atoms with van der Waals surface area (Å²) in [5.41, 5.74) is 4.46. The van der Waals surface area contributed by atoms with Crippen molar-refractivity contribution in [2.45, 2.75) is 39.3 Å². The van der Waals surface area contributed by atoms with Crippen molar-refractivity contribution in [2.24, 2.45) is 0 Å². The molecule has 0 aliphatic rings. The molecule has 134 valence electrons. The number of aromatic hydroxyl groups is 1. The number of aromatic nitrogens is 1. The average molecular weight is 346 g/mol. The van der Waals surface area contributed by atoms with E-state index >= 15 is 0 Å². The molecule has 1 aromatic heterocycles. The van der Waals surface area contributed by atoms with Gasteiger partial charge in [-0.15, -0.1) is 0 Å². The van der Waals surface area contributed by atoms with Crippen molar-refractivity contribution in [3.8, 4) is 5.75 Å². The molecule has 2 aromatic carbocycles. The van der Waals surface area contributed by atoms with Crippen molar-refractivity contribution in [3.63, 3.8) is 0 Å². The van der Waals surface area contributed by atoms with E-state index in [9.17, 15) is 5.11 Å². The van der Waals surface area contributed by atoms with Gasteiger partial charge >= 0.3 is 0 Å². The highest BCUT2D eigenvalue weighted by Gasteiger charge is 2.15. The molecular formula is C23H26N2O. The van der Waals surface area contributed by atoms with Gasteiger partial charge in [0.15, 0.2) is 0 Å². The summed E-state index contributed by atoms with van der Waals surface area (Å²) >= 11 is 0. The molecule has 3 nitrogen and oxygen atoms in total.